The number of fused-ring (bicyclic) bond motifs is 4. The van der Waals surface area contributed by atoms with Gasteiger partial charge in [-0.3, -0.25) is 0 Å². The molecule has 300 valence electrons. The standard InChI is InChI=1S/C57H52N4/c1-41-17-7-12-24-53(41)60(54-25-13-8-18-42(54)2)49-37-33-47(34-38-49)59(46-31-29-45(30-32-46)58-43(3)19-5-4-6-20-44-21-9-14-26-55(44)58)48-35-39-50(40-36-48)61-56-27-15-10-22-51(56)52-23-11-16-28-57(52)61/h4-19,21-43,53-54H,20H2,1-3H3/b6-4-,19-5-/t41-,42?,43?,53?,54?/m1/s1. The summed E-state index contributed by atoms with van der Waals surface area (Å²) >= 11 is 0. The van der Waals surface area contributed by atoms with E-state index in [1.54, 1.807) is 0 Å². The Labute approximate surface area is 360 Å². The minimum Gasteiger partial charge on any atom is -0.357 e. The van der Waals surface area contributed by atoms with Gasteiger partial charge in [-0.25, -0.2) is 0 Å². The van der Waals surface area contributed by atoms with Gasteiger partial charge in [0.05, 0.1) is 23.1 Å². The van der Waals surface area contributed by atoms with Crippen molar-refractivity contribution < 1.29 is 0 Å². The number of anilines is 6. The summed E-state index contributed by atoms with van der Waals surface area (Å²) in [6.07, 6.45) is 27.9. The van der Waals surface area contributed by atoms with Crippen molar-refractivity contribution in [1.29, 1.82) is 0 Å². The Morgan fingerprint density at radius 1 is 0.443 bits per heavy atom. The van der Waals surface area contributed by atoms with Crippen LogP contribution in [0.5, 0.6) is 0 Å². The number of aromatic nitrogens is 1. The second kappa shape index (κ2) is 16.5. The van der Waals surface area contributed by atoms with E-state index < -0.39 is 0 Å². The van der Waals surface area contributed by atoms with Crippen molar-refractivity contribution in [3.8, 4) is 5.69 Å². The molecule has 61 heavy (non-hydrogen) atoms. The summed E-state index contributed by atoms with van der Waals surface area (Å²) in [5, 5.41) is 2.53. The van der Waals surface area contributed by atoms with Gasteiger partial charge in [-0.2, -0.15) is 0 Å². The Morgan fingerprint density at radius 2 is 0.918 bits per heavy atom. The molecule has 6 aromatic carbocycles. The normalized spacial score (nSPS) is 21.8. The molecule has 0 bridgehead atoms. The number of para-hydroxylation sites is 3. The van der Waals surface area contributed by atoms with Gasteiger partial charge < -0.3 is 19.3 Å². The highest BCUT2D eigenvalue weighted by Crippen LogP contribution is 2.41. The van der Waals surface area contributed by atoms with Gasteiger partial charge in [0.1, 0.15) is 0 Å². The van der Waals surface area contributed by atoms with Crippen LogP contribution < -0.4 is 14.7 Å². The molecule has 4 unspecified atom stereocenters. The van der Waals surface area contributed by atoms with Crippen LogP contribution in [0, 0.1) is 11.8 Å². The number of rotatable bonds is 8. The second-order valence-corrected chi connectivity index (χ2v) is 16.7. The summed E-state index contributed by atoms with van der Waals surface area (Å²) in [5.74, 6) is 0.775. The summed E-state index contributed by atoms with van der Waals surface area (Å²) in [6.45, 7) is 6.93. The van der Waals surface area contributed by atoms with Crippen LogP contribution in [0.25, 0.3) is 27.5 Å². The quantitative estimate of drug-likeness (QED) is 0.152. The maximum absolute atomic E-state index is 2.62. The number of benzene rings is 6. The fourth-order valence-corrected chi connectivity index (χ4v) is 9.68. The third-order valence-electron chi connectivity index (χ3n) is 12.8. The van der Waals surface area contributed by atoms with E-state index >= 15 is 0 Å². The summed E-state index contributed by atoms with van der Waals surface area (Å²) < 4.78 is 2.39. The highest BCUT2D eigenvalue weighted by Gasteiger charge is 2.31. The lowest BCUT2D eigenvalue weighted by atomic mass is 9.88. The Bertz CT molecular complexity index is 2760. The SMILES string of the molecule is CC1C=CC=CC1N(c1ccc(N(c2ccc(N3c4ccccc4C/C=C\C=C/C3C)cc2)c2ccc(-n3c4ccccc4c4ccccc43)cc2)cc1)C1C=CC=C[C@H]1C. The summed E-state index contributed by atoms with van der Waals surface area (Å²) in [6, 6.07) is 54.3. The van der Waals surface area contributed by atoms with Crippen LogP contribution in [0.3, 0.4) is 0 Å². The third kappa shape index (κ3) is 7.23. The van der Waals surface area contributed by atoms with E-state index in [1.165, 1.54) is 38.7 Å². The Hall–Kier alpha value is -7.04. The molecular weight excluding hydrogens is 741 g/mol. The van der Waals surface area contributed by atoms with Gasteiger partial charge in [0.2, 0.25) is 0 Å². The molecule has 0 N–H and O–H groups in total. The topological polar surface area (TPSA) is 14.7 Å². The van der Waals surface area contributed by atoms with Gasteiger partial charge in [0, 0.05) is 56.6 Å². The van der Waals surface area contributed by atoms with Crippen molar-refractivity contribution in [1.82, 2.24) is 4.57 Å². The van der Waals surface area contributed by atoms with Gasteiger partial charge in [-0.1, -0.05) is 141 Å². The molecule has 10 rings (SSSR count). The first-order valence-corrected chi connectivity index (χ1v) is 21.8. The van der Waals surface area contributed by atoms with E-state index in [9.17, 15) is 0 Å². The van der Waals surface area contributed by atoms with E-state index in [1.807, 2.05) is 0 Å². The lowest BCUT2D eigenvalue weighted by Gasteiger charge is -2.43. The summed E-state index contributed by atoms with van der Waals surface area (Å²) in [7, 11) is 0. The molecule has 1 aliphatic heterocycles. The number of hydrogen-bond acceptors (Lipinski definition) is 3. The van der Waals surface area contributed by atoms with Crippen molar-refractivity contribution in [3.05, 3.63) is 224 Å². The molecule has 0 amide bonds. The van der Waals surface area contributed by atoms with Crippen molar-refractivity contribution in [2.24, 2.45) is 11.8 Å². The zero-order valence-electron chi connectivity index (χ0n) is 35.2. The minimum absolute atomic E-state index is 0.171. The summed E-state index contributed by atoms with van der Waals surface area (Å²) in [4.78, 5) is 7.47. The first-order valence-electron chi connectivity index (χ1n) is 21.8. The monoisotopic (exact) mass is 792 g/mol. The predicted octanol–water partition coefficient (Wildman–Crippen LogP) is 14.5. The molecular formula is C57H52N4. The van der Waals surface area contributed by atoms with Gasteiger partial charge in [-0.05, 0) is 122 Å². The van der Waals surface area contributed by atoms with Crippen LogP contribution in [-0.2, 0) is 6.42 Å². The zero-order valence-corrected chi connectivity index (χ0v) is 35.2. The lowest BCUT2D eigenvalue weighted by molar-refractivity contribution is 0.478. The van der Waals surface area contributed by atoms with E-state index in [0.29, 0.717) is 11.8 Å². The largest absolute Gasteiger partial charge is 0.357 e. The van der Waals surface area contributed by atoms with Crippen LogP contribution in [-0.4, -0.2) is 22.7 Å². The molecule has 5 atom stereocenters. The van der Waals surface area contributed by atoms with Gasteiger partial charge in [0.25, 0.3) is 0 Å². The average molecular weight is 793 g/mol. The van der Waals surface area contributed by atoms with E-state index in [-0.39, 0.29) is 18.1 Å². The van der Waals surface area contributed by atoms with E-state index in [2.05, 4.69) is 259 Å². The van der Waals surface area contributed by atoms with Crippen LogP contribution >= 0.6 is 0 Å². The highest BCUT2D eigenvalue weighted by atomic mass is 15.2. The number of hydrogen-bond donors (Lipinski definition) is 0. The van der Waals surface area contributed by atoms with Crippen LogP contribution in [0.15, 0.2) is 219 Å². The molecule has 0 saturated heterocycles. The molecule has 2 aliphatic carbocycles. The smallest absolute Gasteiger partial charge is 0.0542 e. The Morgan fingerprint density at radius 3 is 1.51 bits per heavy atom. The second-order valence-electron chi connectivity index (χ2n) is 16.7. The van der Waals surface area contributed by atoms with Crippen LogP contribution in [0.1, 0.15) is 26.3 Å². The Balaban J connectivity index is 1.06. The Kier molecular flexibility index (Phi) is 10.4. The van der Waals surface area contributed by atoms with Gasteiger partial charge in [0.15, 0.2) is 0 Å². The lowest BCUT2D eigenvalue weighted by Crippen LogP contribution is -2.48. The molecule has 0 radical (unpaired) electrons. The highest BCUT2D eigenvalue weighted by molar-refractivity contribution is 6.09. The molecule has 7 aromatic rings. The van der Waals surface area contributed by atoms with Gasteiger partial charge in [-0.15, -0.1) is 0 Å². The van der Waals surface area contributed by atoms with Crippen molar-refractivity contribution in [3.63, 3.8) is 0 Å². The van der Waals surface area contributed by atoms with Crippen molar-refractivity contribution in [2.45, 2.75) is 45.3 Å². The van der Waals surface area contributed by atoms with Gasteiger partial charge >= 0.3 is 0 Å². The molecule has 0 fully saturated rings. The average Bonchev–Trinajstić information content (AvgIpc) is 3.67. The fraction of sp³-hybridized carbons (Fsp3) is 0.158. The first kappa shape index (κ1) is 38.2. The van der Waals surface area contributed by atoms with Crippen LogP contribution in [0.4, 0.5) is 34.1 Å². The molecule has 0 spiro atoms. The van der Waals surface area contributed by atoms with E-state index in [4.69, 9.17) is 0 Å². The van der Waals surface area contributed by atoms with Crippen molar-refractivity contribution in [2.75, 3.05) is 14.7 Å². The maximum Gasteiger partial charge on any atom is 0.0542 e. The predicted molar refractivity (Wildman–Crippen MR) is 260 cm³/mol. The van der Waals surface area contributed by atoms with Crippen molar-refractivity contribution >= 4 is 55.9 Å². The van der Waals surface area contributed by atoms with E-state index in [0.717, 1.165) is 34.9 Å². The third-order valence-corrected chi connectivity index (χ3v) is 12.8. The minimum atomic E-state index is 0.171. The maximum atomic E-state index is 2.62. The molecule has 2 heterocycles. The molecule has 1 aromatic heterocycles. The molecule has 0 saturated carbocycles. The molecule has 3 aliphatic rings. The first-order chi connectivity index (χ1) is 30.0. The number of nitrogens with zero attached hydrogens (tertiary/aromatic N) is 4. The summed E-state index contributed by atoms with van der Waals surface area (Å²) in [5.41, 5.74) is 11.8. The van der Waals surface area contributed by atoms with Crippen LogP contribution in [0.2, 0.25) is 0 Å². The molecule has 4 heteroatoms. The fourth-order valence-electron chi connectivity index (χ4n) is 9.68. The number of allylic oxidation sites excluding steroid dienone is 7. The molecule has 4 nitrogen and oxygen atoms in total. The zero-order chi connectivity index (χ0) is 41.3.